The van der Waals surface area contributed by atoms with Crippen LogP contribution in [0.15, 0.2) is 36.4 Å². The molecule has 0 unspecified atom stereocenters. The van der Waals surface area contributed by atoms with E-state index in [4.69, 9.17) is 29.0 Å². The highest BCUT2D eigenvalue weighted by atomic mass is 35.5. The fraction of sp³-hybridized carbons (Fsp3) is 0.0714. The Balaban J connectivity index is 2.30. The number of hydrogen-bond acceptors (Lipinski definition) is 3. The van der Waals surface area contributed by atoms with Crippen molar-refractivity contribution in [2.75, 3.05) is 10.7 Å². The van der Waals surface area contributed by atoms with E-state index in [-0.39, 0.29) is 5.91 Å². The first-order chi connectivity index (χ1) is 9.49. The number of hydrazine groups is 1. The van der Waals surface area contributed by atoms with Gasteiger partial charge in [0.1, 0.15) is 0 Å². The number of nitrogen functional groups attached to an aromatic ring is 1. The molecule has 0 bridgehead atoms. The summed E-state index contributed by atoms with van der Waals surface area (Å²) in [6, 6.07) is 10.2. The van der Waals surface area contributed by atoms with Crippen molar-refractivity contribution in [1.82, 2.24) is 0 Å². The Morgan fingerprint density at radius 1 is 1.10 bits per heavy atom. The van der Waals surface area contributed by atoms with Crippen LogP contribution in [0.1, 0.15) is 15.9 Å². The number of carbonyl (C=O) groups excluding carboxylic acids is 1. The summed E-state index contributed by atoms with van der Waals surface area (Å²) >= 11 is 11.8. The SMILES string of the molecule is Cc1ccc(NN)c(C(=O)Nc2cc(Cl)cc(Cl)c2)c1. The molecule has 4 N–H and O–H groups in total. The smallest absolute Gasteiger partial charge is 0.257 e. The summed E-state index contributed by atoms with van der Waals surface area (Å²) in [6.07, 6.45) is 0. The van der Waals surface area contributed by atoms with E-state index in [1.807, 2.05) is 13.0 Å². The zero-order valence-corrected chi connectivity index (χ0v) is 12.2. The zero-order chi connectivity index (χ0) is 14.7. The average Bonchev–Trinajstić information content (AvgIpc) is 2.37. The maximum absolute atomic E-state index is 12.3. The van der Waals surface area contributed by atoms with Gasteiger partial charge < -0.3 is 10.7 Å². The van der Waals surface area contributed by atoms with Crippen LogP contribution in [0.2, 0.25) is 10.0 Å². The molecule has 2 aromatic rings. The molecular formula is C14H13Cl2N3O. The second-order valence-corrected chi connectivity index (χ2v) is 5.18. The third kappa shape index (κ3) is 3.42. The number of carbonyl (C=O) groups is 1. The lowest BCUT2D eigenvalue weighted by molar-refractivity contribution is 0.102. The van der Waals surface area contributed by atoms with E-state index in [0.29, 0.717) is 27.0 Å². The summed E-state index contributed by atoms with van der Waals surface area (Å²) < 4.78 is 0. The van der Waals surface area contributed by atoms with Gasteiger partial charge >= 0.3 is 0 Å². The van der Waals surface area contributed by atoms with E-state index < -0.39 is 0 Å². The second kappa shape index (κ2) is 6.13. The quantitative estimate of drug-likeness (QED) is 0.596. The van der Waals surface area contributed by atoms with Crippen molar-refractivity contribution in [3.8, 4) is 0 Å². The zero-order valence-electron chi connectivity index (χ0n) is 10.7. The van der Waals surface area contributed by atoms with Crippen molar-refractivity contribution < 1.29 is 4.79 Å². The van der Waals surface area contributed by atoms with Gasteiger partial charge in [-0.3, -0.25) is 10.6 Å². The van der Waals surface area contributed by atoms with E-state index in [0.717, 1.165) is 5.56 Å². The highest BCUT2D eigenvalue weighted by molar-refractivity contribution is 6.35. The van der Waals surface area contributed by atoms with Crippen molar-refractivity contribution in [3.63, 3.8) is 0 Å². The molecule has 0 aromatic heterocycles. The van der Waals surface area contributed by atoms with Gasteiger partial charge in [-0.25, -0.2) is 0 Å². The van der Waals surface area contributed by atoms with Crippen LogP contribution in [0.3, 0.4) is 0 Å². The van der Waals surface area contributed by atoms with Gasteiger partial charge in [0.15, 0.2) is 0 Å². The van der Waals surface area contributed by atoms with Gasteiger partial charge in [0, 0.05) is 15.7 Å². The lowest BCUT2D eigenvalue weighted by atomic mass is 10.1. The van der Waals surface area contributed by atoms with Crippen LogP contribution in [0.25, 0.3) is 0 Å². The Hall–Kier alpha value is -1.75. The first-order valence-corrected chi connectivity index (χ1v) is 6.60. The standard InChI is InChI=1S/C14H13Cl2N3O/c1-8-2-3-13(19-17)12(4-8)14(20)18-11-6-9(15)5-10(16)7-11/h2-7,19H,17H2,1H3,(H,18,20). The van der Waals surface area contributed by atoms with E-state index in [9.17, 15) is 4.79 Å². The molecule has 0 aliphatic rings. The first-order valence-electron chi connectivity index (χ1n) is 5.84. The number of amides is 1. The first kappa shape index (κ1) is 14.7. The summed E-state index contributed by atoms with van der Waals surface area (Å²) in [4.78, 5) is 12.3. The summed E-state index contributed by atoms with van der Waals surface area (Å²) in [5, 5.41) is 3.64. The Labute approximate surface area is 126 Å². The normalized spacial score (nSPS) is 10.2. The van der Waals surface area contributed by atoms with Crippen molar-refractivity contribution in [3.05, 3.63) is 57.6 Å². The molecule has 0 heterocycles. The van der Waals surface area contributed by atoms with Crippen molar-refractivity contribution in [2.24, 2.45) is 5.84 Å². The minimum absolute atomic E-state index is 0.292. The molecule has 0 saturated heterocycles. The topological polar surface area (TPSA) is 67.1 Å². The molecule has 104 valence electrons. The average molecular weight is 310 g/mol. The molecule has 0 spiro atoms. The minimum Gasteiger partial charge on any atom is -0.323 e. The number of anilines is 2. The maximum atomic E-state index is 12.3. The lowest BCUT2D eigenvalue weighted by Gasteiger charge is -2.11. The number of nitrogens with one attached hydrogen (secondary N) is 2. The number of rotatable bonds is 3. The summed E-state index contributed by atoms with van der Waals surface area (Å²) in [6.45, 7) is 1.90. The molecule has 20 heavy (non-hydrogen) atoms. The van der Waals surface area contributed by atoms with Crippen LogP contribution in [-0.2, 0) is 0 Å². The Morgan fingerprint density at radius 3 is 2.35 bits per heavy atom. The number of aryl methyl sites for hydroxylation is 1. The molecule has 0 fully saturated rings. The predicted molar refractivity (Wildman–Crippen MR) is 83.4 cm³/mol. The fourth-order valence-electron chi connectivity index (χ4n) is 1.80. The molecule has 6 heteroatoms. The third-order valence-electron chi connectivity index (χ3n) is 2.70. The van der Waals surface area contributed by atoms with Gasteiger partial charge in [0.05, 0.1) is 11.3 Å². The Morgan fingerprint density at radius 2 is 1.75 bits per heavy atom. The van der Waals surface area contributed by atoms with Gasteiger partial charge in [-0.1, -0.05) is 34.8 Å². The summed E-state index contributed by atoms with van der Waals surface area (Å²) in [5.41, 5.74) is 4.97. The van der Waals surface area contributed by atoms with E-state index in [1.165, 1.54) is 0 Å². The van der Waals surface area contributed by atoms with E-state index in [1.54, 1.807) is 30.3 Å². The van der Waals surface area contributed by atoms with Crippen LogP contribution in [0.5, 0.6) is 0 Å². The van der Waals surface area contributed by atoms with Gasteiger partial charge in [-0.05, 0) is 37.3 Å². The summed E-state index contributed by atoms with van der Waals surface area (Å²) in [7, 11) is 0. The molecule has 0 saturated carbocycles. The van der Waals surface area contributed by atoms with Crippen LogP contribution >= 0.6 is 23.2 Å². The fourth-order valence-corrected chi connectivity index (χ4v) is 2.32. The second-order valence-electron chi connectivity index (χ2n) is 4.31. The molecule has 2 aromatic carbocycles. The van der Waals surface area contributed by atoms with Crippen molar-refractivity contribution >= 4 is 40.5 Å². The van der Waals surface area contributed by atoms with Crippen LogP contribution in [-0.4, -0.2) is 5.91 Å². The van der Waals surface area contributed by atoms with Gasteiger partial charge in [0.2, 0.25) is 0 Å². The Kier molecular flexibility index (Phi) is 4.49. The number of hydrogen-bond donors (Lipinski definition) is 3. The van der Waals surface area contributed by atoms with Crippen LogP contribution in [0.4, 0.5) is 11.4 Å². The summed E-state index contributed by atoms with van der Waals surface area (Å²) in [5.74, 6) is 5.12. The largest absolute Gasteiger partial charge is 0.323 e. The molecule has 2 rings (SSSR count). The number of benzene rings is 2. The van der Waals surface area contributed by atoms with Crippen LogP contribution in [0, 0.1) is 6.92 Å². The molecule has 0 atom stereocenters. The highest BCUT2D eigenvalue weighted by Crippen LogP contribution is 2.24. The molecule has 0 aliphatic carbocycles. The monoisotopic (exact) mass is 309 g/mol. The van der Waals surface area contributed by atoms with E-state index in [2.05, 4.69) is 10.7 Å². The molecule has 4 nitrogen and oxygen atoms in total. The van der Waals surface area contributed by atoms with Gasteiger partial charge in [-0.15, -0.1) is 0 Å². The van der Waals surface area contributed by atoms with Gasteiger partial charge in [-0.2, -0.15) is 0 Å². The van der Waals surface area contributed by atoms with Crippen molar-refractivity contribution in [1.29, 1.82) is 0 Å². The highest BCUT2D eigenvalue weighted by Gasteiger charge is 2.12. The number of halogens is 2. The van der Waals surface area contributed by atoms with E-state index >= 15 is 0 Å². The Bertz CT molecular complexity index is 639. The van der Waals surface area contributed by atoms with Crippen molar-refractivity contribution in [2.45, 2.75) is 6.92 Å². The minimum atomic E-state index is -0.292. The molecule has 1 amide bonds. The number of nitrogens with two attached hydrogens (primary N) is 1. The maximum Gasteiger partial charge on any atom is 0.257 e. The van der Waals surface area contributed by atoms with Crippen LogP contribution < -0.4 is 16.6 Å². The van der Waals surface area contributed by atoms with Gasteiger partial charge in [0.25, 0.3) is 5.91 Å². The molecular weight excluding hydrogens is 297 g/mol. The third-order valence-corrected chi connectivity index (χ3v) is 3.13. The predicted octanol–water partition coefficient (Wildman–Crippen LogP) is 3.84. The molecule has 0 radical (unpaired) electrons. The lowest BCUT2D eigenvalue weighted by Crippen LogP contribution is -2.17. The molecule has 0 aliphatic heterocycles.